The maximum atomic E-state index is 13.5. The van der Waals surface area contributed by atoms with Gasteiger partial charge in [0.2, 0.25) is 0 Å². The van der Waals surface area contributed by atoms with E-state index in [1.54, 1.807) is 4.57 Å². The molecule has 0 aliphatic rings. The summed E-state index contributed by atoms with van der Waals surface area (Å²) in [6.45, 7) is 0.683. The Balaban J connectivity index is 1.40. The third-order valence-electron chi connectivity index (χ3n) is 7.45. The predicted octanol–water partition coefficient (Wildman–Crippen LogP) is 7.95. The summed E-state index contributed by atoms with van der Waals surface area (Å²) in [4.78, 5) is 29.6. The molecule has 7 heteroatoms. The lowest BCUT2D eigenvalue weighted by Gasteiger charge is -2.17. The number of para-hydroxylation sites is 1. The second-order valence-electron chi connectivity index (χ2n) is 10.6. The van der Waals surface area contributed by atoms with Crippen molar-refractivity contribution in [3.05, 3.63) is 172 Å². The van der Waals surface area contributed by atoms with E-state index in [9.17, 15) is 14.0 Å². The molecule has 0 aliphatic heterocycles. The van der Waals surface area contributed by atoms with Crippen molar-refractivity contribution in [3.8, 4) is 28.4 Å². The number of imidazole rings is 1. The number of hydrogen-bond donors (Lipinski definition) is 1. The molecule has 0 radical (unpaired) electrons. The summed E-state index contributed by atoms with van der Waals surface area (Å²) < 4.78 is 27.6. The Labute approximate surface area is 260 Å². The van der Waals surface area contributed by atoms with Crippen LogP contribution >= 0.6 is 0 Å². The Morgan fingerprint density at radius 2 is 1.31 bits per heavy atom. The van der Waals surface area contributed by atoms with Crippen LogP contribution in [0.3, 0.4) is 0 Å². The summed E-state index contributed by atoms with van der Waals surface area (Å²) in [6, 6.07) is 40.1. The molecule has 224 valence electrons. The molecule has 0 saturated heterocycles. The molecule has 45 heavy (non-hydrogen) atoms. The Morgan fingerprint density at radius 1 is 0.711 bits per heavy atom. The summed E-state index contributed by atoms with van der Waals surface area (Å²) >= 11 is 0. The van der Waals surface area contributed by atoms with E-state index in [1.807, 2.05) is 109 Å². The highest BCUT2D eigenvalue weighted by Gasteiger charge is 2.22. The number of H-pyrrole nitrogens is 1. The van der Waals surface area contributed by atoms with E-state index in [0.29, 0.717) is 52.9 Å². The third kappa shape index (κ3) is 7.11. The van der Waals surface area contributed by atoms with Crippen molar-refractivity contribution in [2.45, 2.75) is 26.1 Å². The lowest BCUT2D eigenvalue weighted by Crippen LogP contribution is -2.15. The van der Waals surface area contributed by atoms with Gasteiger partial charge in [-0.3, -0.25) is 9.36 Å². The van der Waals surface area contributed by atoms with Gasteiger partial charge in [-0.25, -0.2) is 9.18 Å². The van der Waals surface area contributed by atoms with Crippen molar-refractivity contribution in [2.24, 2.45) is 0 Å². The number of benzene rings is 5. The normalized spacial score (nSPS) is 10.9. The lowest BCUT2D eigenvalue weighted by molar-refractivity contribution is 0.0982. The molecule has 6 nitrogen and oxygen atoms in total. The minimum atomic E-state index is -0.405. The van der Waals surface area contributed by atoms with E-state index < -0.39 is 5.82 Å². The molecule has 0 spiro atoms. The summed E-state index contributed by atoms with van der Waals surface area (Å²) in [6.07, 6.45) is 0.372. The van der Waals surface area contributed by atoms with Crippen molar-refractivity contribution in [1.82, 2.24) is 9.55 Å². The quantitative estimate of drug-likeness (QED) is 0.145. The van der Waals surface area contributed by atoms with Crippen molar-refractivity contribution < 1.29 is 18.7 Å². The van der Waals surface area contributed by atoms with E-state index in [4.69, 9.17) is 9.47 Å². The molecule has 0 fully saturated rings. The average Bonchev–Trinajstić information content (AvgIpc) is 3.42. The van der Waals surface area contributed by atoms with Gasteiger partial charge in [0.05, 0.1) is 11.4 Å². The molecule has 1 N–H and O–H groups in total. The maximum absolute atomic E-state index is 13.5. The fourth-order valence-electron chi connectivity index (χ4n) is 5.17. The highest BCUT2D eigenvalue weighted by Crippen LogP contribution is 2.37. The summed E-state index contributed by atoms with van der Waals surface area (Å²) in [5, 5.41) is 0. The summed E-state index contributed by atoms with van der Waals surface area (Å²) in [5.41, 5.74) is 4.61. The second kappa shape index (κ2) is 13.7. The van der Waals surface area contributed by atoms with Crippen LogP contribution in [0.5, 0.6) is 11.5 Å². The Bertz CT molecular complexity index is 1930. The number of halogens is 1. The first-order chi connectivity index (χ1) is 22.0. The van der Waals surface area contributed by atoms with E-state index in [1.165, 1.54) is 24.3 Å². The number of rotatable bonds is 12. The molecule has 1 aromatic heterocycles. The van der Waals surface area contributed by atoms with Gasteiger partial charge >= 0.3 is 5.69 Å². The number of nitrogens with zero attached hydrogens (tertiary/aromatic N) is 1. The molecule has 0 saturated carbocycles. The number of ether oxygens (including phenoxy) is 2. The van der Waals surface area contributed by atoms with Gasteiger partial charge in [0, 0.05) is 29.3 Å². The third-order valence-corrected chi connectivity index (χ3v) is 7.45. The molecule has 0 aliphatic carbocycles. The molecular formula is C38H31FN2O4. The van der Waals surface area contributed by atoms with Gasteiger partial charge in [-0.1, -0.05) is 78.9 Å². The van der Waals surface area contributed by atoms with Crippen LogP contribution in [-0.4, -0.2) is 15.3 Å². The van der Waals surface area contributed by atoms with Crippen molar-refractivity contribution in [3.63, 3.8) is 0 Å². The predicted molar refractivity (Wildman–Crippen MR) is 172 cm³/mol. The monoisotopic (exact) mass is 598 g/mol. The fraction of sp³-hybridized carbons (Fsp3) is 0.105. The van der Waals surface area contributed by atoms with Gasteiger partial charge in [0.1, 0.15) is 30.5 Å². The number of nitrogens with one attached hydrogen (secondary N) is 1. The first-order valence-corrected chi connectivity index (χ1v) is 14.7. The van der Waals surface area contributed by atoms with Crippen LogP contribution in [0.1, 0.15) is 33.6 Å². The first kappa shape index (κ1) is 29.4. The van der Waals surface area contributed by atoms with Gasteiger partial charge < -0.3 is 14.5 Å². The van der Waals surface area contributed by atoms with Gasteiger partial charge in [0.25, 0.3) is 0 Å². The van der Waals surface area contributed by atoms with Crippen LogP contribution in [0.4, 0.5) is 4.39 Å². The highest BCUT2D eigenvalue weighted by atomic mass is 19.1. The molecule has 0 amide bonds. The van der Waals surface area contributed by atoms with Gasteiger partial charge in [-0.2, -0.15) is 0 Å². The minimum Gasteiger partial charge on any atom is -0.489 e. The molecule has 0 unspecified atom stereocenters. The van der Waals surface area contributed by atoms with Crippen LogP contribution in [0.25, 0.3) is 16.9 Å². The van der Waals surface area contributed by atoms with Crippen molar-refractivity contribution in [2.75, 3.05) is 0 Å². The van der Waals surface area contributed by atoms with Crippen molar-refractivity contribution >= 4 is 5.78 Å². The fourth-order valence-corrected chi connectivity index (χ4v) is 5.17. The molecule has 0 atom stereocenters. The number of carbonyl (C=O) groups excluding carboxylic acids is 1. The number of carbonyl (C=O) groups is 1. The lowest BCUT2D eigenvalue weighted by atomic mass is 10.0. The van der Waals surface area contributed by atoms with Crippen LogP contribution in [0.2, 0.25) is 0 Å². The largest absolute Gasteiger partial charge is 0.489 e. The average molecular weight is 599 g/mol. The molecule has 6 rings (SSSR count). The number of Topliss-reactive ketones (excluding diaryl/α,β-unsaturated/α-hetero) is 1. The zero-order valence-corrected chi connectivity index (χ0v) is 24.5. The van der Waals surface area contributed by atoms with Crippen LogP contribution in [0, 0.1) is 5.82 Å². The molecule has 1 heterocycles. The van der Waals surface area contributed by atoms with Crippen LogP contribution < -0.4 is 15.2 Å². The number of aromatic amines is 1. The SMILES string of the molecule is O=C(CCc1[nH]c(=O)n(-c2ccccc2)c1-c1ccc(OCc2ccccc2)cc1OCc1ccccc1)c1ccc(F)cc1. The van der Waals surface area contributed by atoms with E-state index in [-0.39, 0.29) is 24.3 Å². The van der Waals surface area contributed by atoms with Gasteiger partial charge in [-0.15, -0.1) is 0 Å². The van der Waals surface area contributed by atoms with Gasteiger partial charge in [0.15, 0.2) is 5.78 Å². The van der Waals surface area contributed by atoms with E-state index in [2.05, 4.69) is 4.98 Å². The number of ketones is 1. The van der Waals surface area contributed by atoms with Crippen molar-refractivity contribution in [1.29, 1.82) is 0 Å². The Kier molecular flexibility index (Phi) is 8.97. The number of hydrogen-bond acceptors (Lipinski definition) is 4. The van der Waals surface area contributed by atoms with Gasteiger partial charge in [-0.05, 0) is 66.1 Å². The Morgan fingerprint density at radius 3 is 1.96 bits per heavy atom. The smallest absolute Gasteiger partial charge is 0.330 e. The number of aryl methyl sites for hydroxylation is 1. The standard InChI is InChI=1S/C38H31FN2O4/c39-30-18-16-29(17-19-30)35(42)23-22-34-37(41(38(43)40-34)31-14-8-3-9-15-31)33-21-20-32(44-25-27-10-4-1-5-11-27)24-36(33)45-26-28-12-6-2-7-13-28/h1-21,24H,22-23,25-26H2,(H,40,43). The van der Waals surface area contributed by atoms with E-state index >= 15 is 0 Å². The molecular weight excluding hydrogens is 567 g/mol. The molecule has 0 bridgehead atoms. The van der Waals surface area contributed by atoms with Crippen LogP contribution in [0.15, 0.2) is 138 Å². The topological polar surface area (TPSA) is 73.3 Å². The highest BCUT2D eigenvalue weighted by molar-refractivity contribution is 5.96. The zero-order chi connectivity index (χ0) is 31.0. The zero-order valence-electron chi connectivity index (χ0n) is 24.5. The van der Waals surface area contributed by atoms with E-state index in [0.717, 1.165) is 11.1 Å². The second-order valence-corrected chi connectivity index (χ2v) is 10.6. The molecule has 6 aromatic rings. The van der Waals surface area contributed by atoms with Crippen LogP contribution in [-0.2, 0) is 19.6 Å². The maximum Gasteiger partial charge on any atom is 0.330 e. The summed E-state index contributed by atoms with van der Waals surface area (Å²) in [7, 11) is 0. The summed E-state index contributed by atoms with van der Waals surface area (Å²) in [5.74, 6) is 0.582. The number of aromatic nitrogens is 2. The minimum absolute atomic E-state index is 0.117. The first-order valence-electron chi connectivity index (χ1n) is 14.7. The Hall–Kier alpha value is -5.69. The molecule has 5 aromatic carbocycles.